The Morgan fingerprint density at radius 2 is 1.88 bits per heavy atom. The van der Waals surface area contributed by atoms with Gasteiger partial charge < -0.3 is 13.9 Å². The molecule has 0 saturated carbocycles. The van der Waals surface area contributed by atoms with Gasteiger partial charge in [-0.1, -0.05) is 11.1 Å². The Kier molecular flexibility index (Phi) is 6.78. The van der Waals surface area contributed by atoms with Crippen molar-refractivity contribution in [3.63, 3.8) is 0 Å². The third kappa shape index (κ3) is 6.24. The number of carbonyl (C=O) groups is 1. The maximum Gasteiger partial charge on any atom is 0.336 e. The van der Waals surface area contributed by atoms with E-state index in [1.165, 1.54) is 13.0 Å². The first-order valence-electron chi connectivity index (χ1n) is 8.48. The molecule has 0 aliphatic heterocycles. The molecule has 1 unspecified atom stereocenters. The number of esters is 1. The molecule has 5 heteroatoms. The van der Waals surface area contributed by atoms with E-state index in [1.54, 1.807) is 12.1 Å². The topological polar surface area (TPSA) is 65.7 Å². The fourth-order valence-corrected chi connectivity index (χ4v) is 2.53. The zero-order valence-electron chi connectivity index (χ0n) is 15.6. The lowest BCUT2D eigenvalue weighted by Gasteiger charge is -2.14. The van der Waals surface area contributed by atoms with Crippen LogP contribution in [0.5, 0.6) is 5.75 Å². The first kappa shape index (κ1) is 19.5. The SMILES string of the molecule is CC(=O)OC(C=C(C)C)CC(C)=CCOc1ccc2ccc(=O)oc2c1. The minimum Gasteiger partial charge on any atom is -0.489 e. The summed E-state index contributed by atoms with van der Waals surface area (Å²) in [6.45, 7) is 7.69. The van der Waals surface area contributed by atoms with Crippen LogP contribution in [-0.4, -0.2) is 18.7 Å². The van der Waals surface area contributed by atoms with Crippen LogP contribution in [-0.2, 0) is 9.53 Å². The molecule has 0 bridgehead atoms. The number of ether oxygens (including phenoxy) is 2. The van der Waals surface area contributed by atoms with Crippen LogP contribution in [0.4, 0.5) is 0 Å². The van der Waals surface area contributed by atoms with Crippen LogP contribution < -0.4 is 10.4 Å². The molecular formula is C21H24O5. The molecule has 0 aliphatic rings. The summed E-state index contributed by atoms with van der Waals surface area (Å²) in [4.78, 5) is 22.5. The highest BCUT2D eigenvalue weighted by atomic mass is 16.5. The summed E-state index contributed by atoms with van der Waals surface area (Å²) in [6.07, 6.45) is 4.22. The van der Waals surface area contributed by atoms with Gasteiger partial charge in [0.1, 0.15) is 24.0 Å². The second-order valence-electron chi connectivity index (χ2n) is 6.41. The average Bonchev–Trinajstić information content (AvgIpc) is 2.53. The van der Waals surface area contributed by atoms with Crippen LogP contribution in [0.3, 0.4) is 0 Å². The fourth-order valence-electron chi connectivity index (χ4n) is 2.53. The number of benzene rings is 1. The number of fused-ring (bicyclic) bond motifs is 1. The maximum absolute atomic E-state index is 11.3. The molecule has 0 spiro atoms. The molecule has 0 saturated heterocycles. The third-order valence-electron chi connectivity index (χ3n) is 3.64. The monoisotopic (exact) mass is 356 g/mol. The van der Waals surface area contributed by atoms with Gasteiger partial charge in [0.05, 0.1) is 0 Å². The number of carbonyl (C=O) groups excluding carboxylic acids is 1. The summed E-state index contributed by atoms with van der Waals surface area (Å²) in [5.74, 6) is 0.325. The van der Waals surface area contributed by atoms with Crippen molar-refractivity contribution in [2.75, 3.05) is 6.61 Å². The molecule has 138 valence electrons. The number of hydrogen-bond acceptors (Lipinski definition) is 5. The van der Waals surface area contributed by atoms with Crippen molar-refractivity contribution in [3.05, 3.63) is 64.1 Å². The fraction of sp³-hybridized carbons (Fsp3) is 0.333. The Balaban J connectivity index is 1.98. The highest BCUT2D eigenvalue weighted by molar-refractivity contribution is 5.77. The quantitative estimate of drug-likeness (QED) is 0.418. The molecular weight excluding hydrogens is 332 g/mol. The molecule has 26 heavy (non-hydrogen) atoms. The predicted molar refractivity (Wildman–Crippen MR) is 101 cm³/mol. The van der Waals surface area contributed by atoms with E-state index in [4.69, 9.17) is 13.9 Å². The maximum atomic E-state index is 11.3. The molecule has 2 aromatic rings. The summed E-state index contributed by atoms with van der Waals surface area (Å²) in [7, 11) is 0. The Bertz CT molecular complexity index is 885. The van der Waals surface area contributed by atoms with E-state index in [2.05, 4.69) is 0 Å². The number of rotatable bonds is 7. The van der Waals surface area contributed by atoms with E-state index in [9.17, 15) is 9.59 Å². The molecule has 1 heterocycles. The molecule has 1 atom stereocenters. The first-order chi connectivity index (χ1) is 12.3. The lowest BCUT2D eigenvalue weighted by atomic mass is 10.1. The average molecular weight is 356 g/mol. The van der Waals surface area contributed by atoms with Crippen molar-refractivity contribution in [3.8, 4) is 5.75 Å². The molecule has 1 aromatic heterocycles. The Morgan fingerprint density at radius 3 is 2.58 bits per heavy atom. The van der Waals surface area contributed by atoms with Crippen molar-refractivity contribution in [1.29, 1.82) is 0 Å². The van der Waals surface area contributed by atoms with Gasteiger partial charge in [-0.2, -0.15) is 0 Å². The van der Waals surface area contributed by atoms with Gasteiger partial charge in [0.15, 0.2) is 0 Å². The Morgan fingerprint density at radius 1 is 1.15 bits per heavy atom. The predicted octanol–water partition coefficient (Wildman–Crippen LogP) is 4.41. The van der Waals surface area contributed by atoms with Crippen molar-refractivity contribution in [2.45, 2.75) is 40.2 Å². The van der Waals surface area contributed by atoms with E-state index in [-0.39, 0.29) is 17.7 Å². The summed E-state index contributed by atoms with van der Waals surface area (Å²) in [5, 5.41) is 0.842. The van der Waals surface area contributed by atoms with Gasteiger partial charge in [0, 0.05) is 30.9 Å². The van der Waals surface area contributed by atoms with Gasteiger partial charge in [-0.15, -0.1) is 0 Å². The van der Waals surface area contributed by atoms with E-state index in [0.29, 0.717) is 24.4 Å². The molecule has 0 radical (unpaired) electrons. The van der Waals surface area contributed by atoms with Gasteiger partial charge in [-0.3, -0.25) is 4.79 Å². The van der Waals surface area contributed by atoms with Crippen molar-refractivity contribution in [2.24, 2.45) is 0 Å². The summed E-state index contributed by atoms with van der Waals surface area (Å²) >= 11 is 0. The van der Waals surface area contributed by atoms with Crippen LogP contribution in [0.1, 0.15) is 34.1 Å². The number of allylic oxidation sites excluding steroid dienone is 1. The van der Waals surface area contributed by atoms with E-state index in [0.717, 1.165) is 16.5 Å². The van der Waals surface area contributed by atoms with Crippen LogP contribution >= 0.6 is 0 Å². The van der Waals surface area contributed by atoms with Crippen LogP contribution in [0.15, 0.2) is 62.8 Å². The van der Waals surface area contributed by atoms with Crippen molar-refractivity contribution >= 4 is 16.9 Å². The molecule has 5 nitrogen and oxygen atoms in total. The van der Waals surface area contributed by atoms with E-state index >= 15 is 0 Å². The highest BCUT2D eigenvalue weighted by Gasteiger charge is 2.09. The zero-order valence-corrected chi connectivity index (χ0v) is 15.6. The van der Waals surface area contributed by atoms with Crippen molar-refractivity contribution < 1.29 is 18.7 Å². The lowest BCUT2D eigenvalue weighted by molar-refractivity contribution is -0.144. The second kappa shape index (κ2) is 9.04. The third-order valence-corrected chi connectivity index (χ3v) is 3.64. The van der Waals surface area contributed by atoms with E-state index < -0.39 is 0 Å². The van der Waals surface area contributed by atoms with Gasteiger partial charge >= 0.3 is 11.6 Å². The van der Waals surface area contributed by atoms with E-state index in [1.807, 2.05) is 45.1 Å². The molecule has 0 fully saturated rings. The standard InChI is InChI=1S/C21H24O5/c1-14(2)11-19(25-16(4)22)12-15(3)9-10-24-18-7-5-17-6-8-21(23)26-20(17)13-18/h5-9,11,13,19H,10,12H2,1-4H3. The Hall–Kier alpha value is -2.82. The van der Waals surface area contributed by atoms with Crippen molar-refractivity contribution in [1.82, 2.24) is 0 Å². The summed E-state index contributed by atoms with van der Waals surface area (Å²) in [5.41, 5.74) is 2.26. The molecule has 0 N–H and O–H groups in total. The first-order valence-corrected chi connectivity index (χ1v) is 8.48. The van der Waals surface area contributed by atoms with Crippen LogP contribution in [0.2, 0.25) is 0 Å². The van der Waals surface area contributed by atoms with Gasteiger partial charge in [-0.05, 0) is 51.1 Å². The molecule has 0 aliphatic carbocycles. The largest absolute Gasteiger partial charge is 0.489 e. The Labute approximate surface area is 152 Å². The van der Waals surface area contributed by atoms with Crippen LogP contribution in [0.25, 0.3) is 11.0 Å². The molecule has 1 aromatic carbocycles. The lowest BCUT2D eigenvalue weighted by Crippen LogP contribution is -2.14. The van der Waals surface area contributed by atoms with Gasteiger partial charge in [-0.25, -0.2) is 4.79 Å². The smallest absolute Gasteiger partial charge is 0.336 e. The summed E-state index contributed by atoms with van der Waals surface area (Å²) < 4.78 is 16.2. The minimum atomic E-state index is -0.388. The normalized spacial score (nSPS) is 12.5. The highest BCUT2D eigenvalue weighted by Crippen LogP contribution is 2.20. The zero-order chi connectivity index (χ0) is 19.1. The summed E-state index contributed by atoms with van der Waals surface area (Å²) in [6, 6.07) is 8.48. The minimum absolute atomic E-state index is 0.274. The molecule has 0 amide bonds. The molecule has 2 rings (SSSR count). The van der Waals surface area contributed by atoms with Crippen LogP contribution in [0, 0.1) is 0 Å². The van der Waals surface area contributed by atoms with Gasteiger partial charge in [0.2, 0.25) is 0 Å². The second-order valence-corrected chi connectivity index (χ2v) is 6.41. The van der Waals surface area contributed by atoms with Gasteiger partial charge in [0.25, 0.3) is 0 Å². The number of hydrogen-bond donors (Lipinski definition) is 0.